The van der Waals surface area contributed by atoms with Gasteiger partial charge in [-0.2, -0.15) is 0 Å². The summed E-state index contributed by atoms with van der Waals surface area (Å²) in [5, 5.41) is 16.2. The lowest BCUT2D eigenvalue weighted by atomic mass is 9.79. The Balaban J connectivity index is 1.75. The lowest BCUT2D eigenvalue weighted by Gasteiger charge is -2.35. The van der Waals surface area contributed by atoms with Crippen LogP contribution in [0.1, 0.15) is 39.0 Å². The maximum absolute atomic E-state index is 11.9. The summed E-state index contributed by atoms with van der Waals surface area (Å²) >= 11 is 0. The van der Waals surface area contributed by atoms with E-state index < -0.39 is 15.4 Å². The first-order valence-electron chi connectivity index (χ1n) is 7.71. The molecule has 3 N–H and O–H groups in total. The van der Waals surface area contributed by atoms with Gasteiger partial charge in [0.2, 0.25) is 5.91 Å². The van der Waals surface area contributed by atoms with E-state index in [0.717, 1.165) is 12.8 Å². The predicted molar refractivity (Wildman–Crippen MR) is 80.7 cm³/mol. The minimum absolute atomic E-state index is 0.0161. The third-order valence-corrected chi connectivity index (χ3v) is 6.29. The smallest absolute Gasteiger partial charge is 0.221 e. The summed E-state index contributed by atoms with van der Waals surface area (Å²) in [5.41, 5.74) is -0.797. The molecule has 0 spiro atoms. The van der Waals surface area contributed by atoms with Gasteiger partial charge >= 0.3 is 0 Å². The van der Waals surface area contributed by atoms with Crippen LogP contribution in [0.2, 0.25) is 0 Å². The number of carbonyl (C=O) groups is 1. The van der Waals surface area contributed by atoms with Crippen LogP contribution in [0.3, 0.4) is 0 Å². The van der Waals surface area contributed by atoms with E-state index >= 15 is 0 Å². The molecule has 0 aromatic carbocycles. The molecule has 1 heterocycles. The fourth-order valence-electron chi connectivity index (χ4n) is 3.03. The Morgan fingerprint density at radius 3 is 2.67 bits per heavy atom. The van der Waals surface area contributed by atoms with Crippen molar-refractivity contribution >= 4 is 15.7 Å². The minimum atomic E-state index is -3.02. The largest absolute Gasteiger partial charge is 0.388 e. The van der Waals surface area contributed by atoms with Gasteiger partial charge < -0.3 is 15.7 Å². The molecular weight excluding hydrogens is 292 g/mol. The molecule has 1 aliphatic carbocycles. The van der Waals surface area contributed by atoms with Crippen molar-refractivity contribution < 1.29 is 18.3 Å². The summed E-state index contributed by atoms with van der Waals surface area (Å²) in [6.07, 6.45) is 3.53. The molecule has 1 saturated heterocycles. The van der Waals surface area contributed by atoms with Crippen molar-refractivity contribution in [3.05, 3.63) is 0 Å². The van der Waals surface area contributed by atoms with Crippen LogP contribution >= 0.6 is 0 Å². The van der Waals surface area contributed by atoms with E-state index in [0.29, 0.717) is 25.3 Å². The number of aliphatic hydroxyl groups is 1. The molecule has 6 nitrogen and oxygen atoms in total. The normalized spacial score (nSPS) is 36.1. The molecule has 1 saturated carbocycles. The predicted octanol–water partition coefficient (Wildman–Crippen LogP) is -0.179. The third-order valence-electron chi connectivity index (χ3n) is 4.55. The Morgan fingerprint density at radius 2 is 2.05 bits per heavy atom. The number of amides is 1. The molecule has 7 heteroatoms. The van der Waals surface area contributed by atoms with Gasteiger partial charge in [-0.3, -0.25) is 4.79 Å². The number of rotatable bonds is 4. The molecule has 1 amide bonds. The standard InChI is InChI=1S/C14H26N2O4S/c1-11-2-4-14(18,5-3-11)10-16-13(17)8-12-9-21(19,20)7-6-15-12/h11-12,15,18H,2-10H2,1H3,(H,16,17). The third kappa shape index (κ3) is 5.23. The van der Waals surface area contributed by atoms with E-state index in [1.54, 1.807) is 0 Å². The van der Waals surface area contributed by atoms with Gasteiger partial charge in [0.1, 0.15) is 0 Å². The van der Waals surface area contributed by atoms with E-state index in [1.807, 2.05) is 0 Å². The van der Waals surface area contributed by atoms with Gasteiger partial charge in [-0.1, -0.05) is 6.92 Å². The zero-order valence-corrected chi connectivity index (χ0v) is 13.4. The van der Waals surface area contributed by atoms with Gasteiger partial charge in [0.05, 0.1) is 17.1 Å². The van der Waals surface area contributed by atoms with Gasteiger partial charge in [0.15, 0.2) is 9.84 Å². The summed E-state index contributed by atoms with van der Waals surface area (Å²) in [6, 6.07) is -0.315. The van der Waals surface area contributed by atoms with Crippen molar-refractivity contribution in [2.75, 3.05) is 24.6 Å². The Bertz CT molecular complexity index is 469. The van der Waals surface area contributed by atoms with Crippen LogP contribution in [0.5, 0.6) is 0 Å². The molecule has 1 unspecified atom stereocenters. The Labute approximate surface area is 126 Å². The zero-order valence-electron chi connectivity index (χ0n) is 12.6. The van der Waals surface area contributed by atoms with Crippen molar-refractivity contribution in [1.82, 2.24) is 10.6 Å². The second-order valence-electron chi connectivity index (χ2n) is 6.65. The lowest BCUT2D eigenvalue weighted by molar-refractivity contribution is -0.123. The second kappa shape index (κ2) is 6.62. The average Bonchev–Trinajstić information content (AvgIpc) is 2.39. The highest BCUT2D eigenvalue weighted by Gasteiger charge is 2.32. The average molecular weight is 318 g/mol. The number of sulfone groups is 1. The van der Waals surface area contributed by atoms with Crippen LogP contribution in [0.15, 0.2) is 0 Å². The molecule has 2 fully saturated rings. The first-order chi connectivity index (χ1) is 9.78. The van der Waals surface area contributed by atoms with Crippen LogP contribution in [0.25, 0.3) is 0 Å². The number of hydrogen-bond acceptors (Lipinski definition) is 5. The SMILES string of the molecule is CC1CCC(O)(CNC(=O)CC2CS(=O)(=O)CCN2)CC1. The Kier molecular flexibility index (Phi) is 5.27. The monoisotopic (exact) mass is 318 g/mol. The van der Waals surface area contributed by atoms with Crippen molar-refractivity contribution in [3.63, 3.8) is 0 Å². The topological polar surface area (TPSA) is 95.5 Å². The van der Waals surface area contributed by atoms with E-state index in [2.05, 4.69) is 17.6 Å². The highest BCUT2D eigenvalue weighted by Crippen LogP contribution is 2.31. The molecule has 1 atom stereocenters. The molecule has 21 heavy (non-hydrogen) atoms. The van der Waals surface area contributed by atoms with Crippen LogP contribution in [-0.4, -0.2) is 55.7 Å². The van der Waals surface area contributed by atoms with Crippen LogP contribution in [0, 0.1) is 5.92 Å². The summed E-state index contributed by atoms with van der Waals surface area (Å²) in [7, 11) is -3.02. The van der Waals surface area contributed by atoms with Gasteiger partial charge in [0.25, 0.3) is 0 Å². The van der Waals surface area contributed by atoms with Crippen LogP contribution < -0.4 is 10.6 Å². The molecule has 122 valence electrons. The molecule has 2 aliphatic rings. The van der Waals surface area contributed by atoms with Crippen molar-refractivity contribution in [2.24, 2.45) is 5.92 Å². The fourth-order valence-corrected chi connectivity index (χ4v) is 4.48. The molecule has 0 aromatic rings. The maximum atomic E-state index is 11.9. The molecular formula is C14H26N2O4S. The Morgan fingerprint density at radius 1 is 1.38 bits per heavy atom. The van der Waals surface area contributed by atoms with Crippen molar-refractivity contribution in [1.29, 1.82) is 0 Å². The van der Waals surface area contributed by atoms with Crippen LogP contribution in [-0.2, 0) is 14.6 Å². The fraction of sp³-hybridized carbons (Fsp3) is 0.929. The lowest BCUT2D eigenvalue weighted by Crippen LogP contribution is -2.49. The number of nitrogens with one attached hydrogen (secondary N) is 2. The zero-order chi connectivity index (χ0) is 15.5. The van der Waals surface area contributed by atoms with E-state index in [9.17, 15) is 18.3 Å². The first kappa shape index (κ1) is 16.7. The Hall–Kier alpha value is -0.660. The number of hydrogen-bond donors (Lipinski definition) is 3. The van der Waals surface area contributed by atoms with Gasteiger partial charge in [-0.05, 0) is 31.6 Å². The van der Waals surface area contributed by atoms with E-state index in [4.69, 9.17) is 0 Å². The highest BCUT2D eigenvalue weighted by molar-refractivity contribution is 7.91. The summed E-state index contributed by atoms with van der Waals surface area (Å²) in [5.74, 6) is 0.597. The second-order valence-corrected chi connectivity index (χ2v) is 8.88. The quantitative estimate of drug-likeness (QED) is 0.668. The minimum Gasteiger partial charge on any atom is -0.388 e. The number of carbonyl (C=O) groups excluding carboxylic acids is 1. The van der Waals surface area contributed by atoms with Crippen molar-refractivity contribution in [3.8, 4) is 0 Å². The summed E-state index contributed by atoms with van der Waals surface area (Å²) in [4.78, 5) is 11.9. The van der Waals surface area contributed by atoms with E-state index in [-0.39, 0.29) is 36.4 Å². The van der Waals surface area contributed by atoms with Crippen LogP contribution in [0.4, 0.5) is 0 Å². The highest BCUT2D eigenvalue weighted by atomic mass is 32.2. The van der Waals surface area contributed by atoms with Gasteiger partial charge in [-0.25, -0.2) is 8.42 Å². The molecule has 0 aromatic heterocycles. The summed E-state index contributed by atoms with van der Waals surface area (Å²) in [6.45, 7) is 2.84. The molecule has 0 bridgehead atoms. The van der Waals surface area contributed by atoms with Gasteiger partial charge in [0, 0.05) is 25.6 Å². The van der Waals surface area contributed by atoms with E-state index in [1.165, 1.54) is 0 Å². The molecule has 2 rings (SSSR count). The molecule has 0 radical (unpaired) electrons. The maximum Gasteiger partial charge on any atom is 0.221 e. The van der Waals surface area contributed by atoms with Gasteiger partial charge in [-0.15, -0.1) is 0 Å². The summed E-state index contributed by atoms with van der Waals surface area (Å²) < 4.78 is 23.0. The first-order valence-corrected chi connectivity index (χ1v) is 9.53. The van der Waals surface area contributed by atoms with Crippen molar-refractivity contribution in [2.45, 2.75) is 50.7 Å². The molecule has 1 aliphatic heterocycles.